The molecule has 0 saturated carbocycles. The minimum Gasteiger partial charge on any atom is -0.392 e. The lowest BCUT2D eigenvalue weighted by atomic mass is 9.88. The van der Waals surface area contributed by atoms with Crippen molar-refractivity contribution in [1.82, 2.24) is 9.88 Å². The maximum Gasteiger partial charge on any atom is 0.416 e. The average Bonchev–Trinajstić information content (AvgIpc) is 2.77. The summed E-state index contributed by atoms with van der Waals surface area (Å²) in [5.74, 6) is -0.204. The van der Waals surface area contributed by atoms with Crippen LogP contribution < -0.4 is 10.9 Å². The summed E-state index contributed by atoms with van der Waals surface area (Å²) in [7, 11) is 1.52. The predicted molar refractivity (Wildman–Crippen MR) is 111 cm³/mol. The molecule has 1 aliphatic heterocycles. The molecule has 0 fully saturated rings. The van der Waals surface area contributed by atoms with E-state index in [0.717, 1.165) is 23.3 Å². The fourth-order valence-corrected chi connectivity index (χ4v) is 4.23. The zero-order valence-corrected chi connectivity index (χ0v) is 16.8. The van der Waals surface area contributed by atoms with Gasteiger partial charge in [0.05, 0.1) is 17.9 Å². The SMILES string of the molecule is CNC(=O)CCc1c2n(c(=O)c3cc(C(F)(F)F)ccc13)CCc1ccc(CO)cc1-2. The van der Waals surface area contributed by atoms with Gasteiger partial charge in [0.1, 0.15) is 0 Å². The monoisotopic (exact) mass is 430 g/mol. The van der Waals surface area contributed by atoms with Gasteiger partial charge in [0.2, 0.25) is 5.91 Å². The molecule has 0 aliphatic carbocycles. The van der Waals surface area contributed by atoms with Crippen LogP contribution in [-0.2, 0) is 37.0 Å². The third-order valence-corrected chi connectivity index (χ3v) is 5.80. The second-order valence-corrected chi connectivity index (χ2v) is 7.61. The van der Waals surface area contributed by atoms with Gasteiger partial charge in [-0.1, -0.05) is 18.2 Å². The number of aryl methyl sites for hydroxylation is 2. The highest BCUT2D eigenvalue weighted by Gasteiger charge is 2.32. The molecule has 2 N–H and O–H groups in total. The van der Waals surface area contributed by atoms with E-state index in [1.54, 1.807) is 6.07 Å². The molecule has 162 valence electrons. The van der Waals surface area contributed by atoms with Crippen LogP contribution in [0.2, 0.25) is 0 Å². The Kier molecular flexibility index (Phi) is 5.35. The van der Waals surface area contributed by atoms with E-state index >= 15 is 0 Å². The molecular formula is C23H21F3N2O3. The number of amides is 1. The molecule has 8 heteroatoms. The van der Waals surface area contributed by atoms with Crippen molar-refractivity contribution in [1.29, 1.82) is 0 Å². The van der Waals surface area contributed by atoms with E-state index in [4.69, 9.17) is 0 Å². The Bertz CT molecular complexity index is 1250. The highest BCUT2D eigenvalue weighted by atomic mass is 19.4. The van der Waals surface area contributed by atoms with Gasteiger partial charge in [-0.2, -0.15) is 13.2 Å². The molecule has 0 spiro atoms. The normalized spacial score (nSPS) is 13.1. The molecule has 2 heterocycles. The number of aliphatic hydroxyl groups excluding tert-OH is 1. The molecule has 1 aromatic heterocycles. The van der Waals surface area contributed by atoms with Crippen LogP contribution in [0.25, 0.3) is 22.0 Å². The van der Waals surface area contributed by atoms with Crippen LogP contribution in [0.5, 0.6) is 0 Å². The Morgan fingerprint density at radius 3 is 2.61 bits per heavy atom. The molecule has 5 nitrogen and oxygen atoms in total. The van der Waals surface area contributed by atoms with E-state index in [9.17, 15) is 27.9 Å². The van der Waals surface area contributed by atoms with Gasteiger partial charge in [0.15, 0.2) is 0 Å². The number of hydrogen-bond acceptors (Lipinski definition) is 3. The van der Waals surface area contributed by atoms with Crippen molar-refractivity contribution < 1.29 is 23.1 Å². The van der Waals surface area contributed by atoms with Crippen LogP contribution in [0.15, 0.2) is 41.2 Å². The third-order valence-electron chi connectivity index (χ3n) is 5.80. The quantitative estimate of drug-likeness (QED) is 0.667. The van der Waals surface area contributed by atoms with Crippen molar-refractivity contribution in [3.05, 3.63) is 69.0 Å². The number of carbonyl (C=O) groups is 1. The van der Waals surface area contributed by atoms with Crippen LogP contribution >= 0.6 is 0 Å². The molecule has 0 saturated heterocycles. The first-order valence-corrected chi connectivity index (χ1v) is 9.95. The summed E-state index contributed by atoms with van der Waals surface area (Å²) in [5, 5.41) is 12.5. The van der Waals surface area contributed by atoms with Gasteiger partial charge in [-0.15, -0.1) is 0 Å². The Labute approximate surface area is 176 Å². The average molecular weight is 430 g/mol. The summed E-state index contributed by atoms with van der Waals surface area (Å²) in [4.78, 5) is 25.2. The van der Waals surface area contributed by atoms with Crippen molar-refractivity contribution in [2.24, 2.45) is 0 Å². The minimum absolute atomic E-state index is 0.00718. The van der Waals surface area contributed by atoms with E-state index in [0.29, 0.717) is 35.2 Å². The summed E-state index contributed by atoms with van der Waals surface area (Å²) >= 11 is 0. The van der Waals surface area contributed by atoms with E-state index in [1.165, 1.54) is 17.7 Å². The molecule has 2 aromatic carbocycles. The lowest BCUT2D eigenvalue weighted by Gasteiger charge is -2.26. The number of pyridine rings is 1. The summed E-state index contributed by atoms with van der Waals surface area (Å²) in [5.41, 5.74) is 2.33. The molecule has 0 atom stereocenters. The minimum atomic E-state index is -4.56. The highest BCUT2D eigenvalue weighted by Crippen LogP contribution is 2.37. The standard InChI is InChI=1S/C23H21F3N2O3/c1-27-20(30)7-6-17-16-5-4-15(23(24,25)26)11-19(16)22(31)28-9-8-14-3-2-13(12-29)10-18(14)21(17)28/h2-5,10-11,29H,6-9,12H2,1H3,(H,27,30). The first-order valence-electron chi connectivity index (χ1n) is 9.95. The maximum atomic E-state index is 13.3. The lowest BCUT2D eigenvalue weighted by Crippen LogP contribution is -2.29. The van der Waals surface area contributed by atoms with Gasteiger partial charge in [0, 0.05) is 31.0 Å². The molecule has 0 radical (unpaired) electrons. The molecular weight excluding hydrogens is 409 g/mol. The van der Waals surface area contributed by atoms with Gasteiger partial charge in [-0.05, 0) is 53.1 Å². The third kappa shape index (κ3) is 3.72. The van der Waals surface area contributed by atoms with E-state index in [2.05, 4.69) is 5.32 Å². The molecule has 1 amide bonds. The smallest absolute Gasteiger partial charge is 0.392 e. The van der Waals surface area contributed by atoms with Gasteiger partial charge in [0.25, 0.3) is 5.56 Å². The zero-order chi connectivity index (χ0) is 22.3. The molecule has 4 rings (SSSR count). The van der Waals surface area contributed by atoms with E-state index in [-0.39, 0.29) is 30.7 Å². The maximum absolute atomic E-state index is 13.3. The number of alkyl halides is 3. The summed E-state index contributed by atoms with van der Waals surface area (Å²) in [6, 6.07) is 8.70. The molecule has 0 unspecified atom stereocenters. The first kappa shape index (κ1) is 21.1. The summed E-state index contributed by atoms with van der Waals surface area (Å²) < 4.78 is 41.4. The van der Waals surface area contributed by atoms with Crippen molar-refractivity contribution in [3.63, 3.8) is 0 Å². The predicted octanol–water partition coefficient (Wildman–Crippen LogP) is 3.41. The van der Waals surface area contributed by atoms with Crippen LogP contribution in [0.3, 0.4) is 0 Å². The molecule has 31 heavy (non-hydrogen) atoms. The van der Waals surface area contributed by atoms with Crippen LogP contribution in [0, 0.1) is 0 Å². The largest absolute Gasteiger partial charge is 0.416 e. The molecule has 1 aliphatic rings. The Morgan fingerprint density at radius 2 is 1.94 bits per heavy atom. The van der Waals surface area contributed by atoms with Crippen molar-refractivity contribution in [2.45, 2.75) is 38.6 Å². The first-order chi connectivity index (χ1) is 14.7. The number of fused-ring (bicyclic) bond motifs is 4. The fraction of sp³-hybridized carbons (Fsp3) is 0.304. The topological polar surface area (TPSA) is 71.3 Å². The van der Waals surface area contributed by atoms with E-state index < -0.39 is 17.3 Å². The number of aliphatic hydroxyl groups is 1. The second-order valence-electron chi connectivity index (χ2n) is 7.61. The van der Waals surface area contributed by atoms with Crippen molar-refractivity contribution in [2.75, 3.05) is 7.05 Å². The Balaban J connectivity index is 2.04. The van der Waals surface area contributed by atoms with Gasteiger partial charge in [-0.3, -0.25) is 9.59 Å². The van der Waals surface area contributed by atoms with Gasteiger partial charge < -0.3 is 15.0 Å². The Hall–Kier alpha value is -3.13. The van der Waals surface area contributed by atoms with Crippen LogP contribution in [-0.4, -0.2) is 22.6 Å². The highest BCUT2D eigenvalue weighted by molar-refractivity contribution is 5.92. The number of nitrogens with one attached hydrogen (secondary N) is 1. The number of nitrogens with zero attached hydrogens (tertiary/aromatic N) is 1. The Morgan fingerprint density at radius 1 is 1.16 bits per heavy atom. The summed E-state index contributed by atoms with van der Waals surface area (Å²) in [6.45, 7) is 0.159. The van der Waals surface area contributed by atoms with Gasteiger partial charge >= 0.3 is 6.18 Å². The van der Waals surface area contributed by atoms with Gasteiger partial charge in [-0.25, -0.2) is 0 Å². The van der Waals surface area contributed by atoms with Crippen molar-refractivity contribution >= 4 is 16.7 Å². The van der Waals surface area contributed by atoms with E-state index in [1.807, 2.05) is 12.1 Å². The number of carbonyl (C=O) groups excluding carboxylic acids is 1. The second kappa shape index (κ2) is 7.85. The zero-order valence-electron chi connectivity index (χ0n) is 16.8. The van der Waals surface area contributed by atoms with Crippen LogP contribution in [0.4, 0.5) is 13.2 Å². The number of rotatable bonds is 4. The fourth-order valence-electron chi connectivity index (χ4n) is 4.23. The number of halogens is 3. The number of hydrogen-bond donors (Lipinski definition) is 2. The lowest BCUT2D eigenvalue weighted by molar-refractivity contribution is -0.137. The number of aromatic nitrogens is 1. The van der Waals surface area contributed by atoms with Crippen LogP contribution in [0.1, 0.15) is 28.7 Å². The number of benzene rings is 2. The molecule has 3 aromatic rings. The molecule has 0 bridgehead atoms. The van der Waals surface area contributed by atoms with Crippen molar-refractivity contribution in [3.8, 4) is 11.3 Å². The summed E-state index contributed by atoms with van der Waals surface area (Å²) in [6.07, 6.45) is -3.62.